The van der Waals surface area contributed by atoms with Crippen LogP contribution in [-0.4, -0.2) is 47.7 Å². The predicted octanol–water partition coefficient (Wildman–Crippen LogP) is 0.748. The molecule has 2 N–H and O–H groups in total. The predicted molar refractivity (Wildman–Crippen MR) is 64.2 cm³/mol. The van der Waals surface area contributed by atoms with Crippen molar-refractivity contribution >= 4 is 5.91 Å². The number of carbonyl (C=O) groups excluding carboxylic acids is 1. The molecule has 0 radical (unpaired) electrons. The van der Waals surface area contributed by atoms with Crippen LogP contribution in [0.4, 0.5) is 0 Å². The fourth-order valence-corrected chi connectivity index (χ4v) is 2.13. The first-order valence-electron chi connectivity index (χ1n) is 6.31. The first kappa shape index (κ1) is 13.5. The monoisotopic (exact) mass is 228 g/mol. The van der Waals surface area contributed by atoms with Crippen LogP contribution in [0.3, 0.4) is 0 Å². The molecular formula is C12H24N2O2. The Kier molecular flexibility index (Phi) is 5.77. The lowest BCUT2D eigenvalue weighted by Crippen LogP contribution is -2.51. The van der Waals surface area contributed by atoms with Gasteiger partial charge in [0.25, 0.3) is 0 Å². The zero-order valence-corrected chi connectivity index (χ0v) is 10.4. The third kappa shape index (κ3) is 3.76. The van der Waals surface area contributed by atoms with Crippen LogP contribution in [0.25, 0.3) is 0 Å². The molecule has 94 valence electrons. The van der Waals surface area contributed by atoms with Crippen molar-refractivity contribution in [3.63, 3.8) is 0 Å². The maximum absolute atomic E-state index is 12.2. The van der Waals surface area contributed by atoms with Gasteiger partial charge in [0, 0.05) is 19.2 Å². The largest absolute Gasteiger partial charge is 0.396 e. The maximum Gasteiger partial charge on any atom is 0.239 e. The first-order chi connectivity index (χ1) is 7.66. The molecule has 0 bridgehead atoms. The number of aliphatic hydroxyl groups excluding tert-OH is 1. The summed E-state index contributed by atoms with van der Waals surface area (Å²) in [4.78, 5) is 14.1. The molecule has 1 rings (SSSR count). The molecule has 16 heavy (non-hydrogen) atoms. The van der Waals surface area contributed by atoms with E-state index in [1.165, 1.54) is 6.42 Å². The SMILES string of the molecule is CC(C)N(CCCO)C(=O)[C@H]1CCCCN1. The number of aliphatic hydroxyl groups is 1. The number of rotatable bonds is 5. The minimum Gasteiger partial charge on any atom is -0.396 e. The van der Waals surface area contributed by atoms with Gasteiger partial charge in [-0.3, -0.25) is 4.79 Å². The summed E-state index contributed by atoms with van der Waals surface area (Å²) in [5.74, 6) is 0.197. The topological polar surface area (TPSA) is 52.6 Å². The molecule has 0 aromatic carbocycles. The van der Waals surface area contributed by atoms with Crippen LogP contribution in [0.15, 0.2) is 0 Å². The number of amides is 1. The Balaban J connectivity index is 2.51. The number of hydrogen-bond acceptors (Lipinski definition) is 3. The molecule has 1 saturated heterocycles. The zero-order valence-electron chi connectivity index (χ0n) is 10.4. The fourth-order valence-electron chi connectivity index (χ4n) is 2.13. The molecule has 0 aliphatic carbocycles. The summed E-state index contributed by atoms with van der Waals surface area (Å²) in [6.45, 7) is 5.80. The lowest BCUT2D eigenvalue weighted by atomic mass is 10.0. The van der Waals surface area contributed by atoms with Crippen molar-refractivity contribution in [3.05, 3.63) is 0 Å². The number of piperidine rings is 1. The molecule has 0 aromatic heterocycles. The van der Waals surface area contributed by atoms with Crippen LogP contribution in [0.2, 0.25) is 0 Å². The van der Waals surface area contributed by atoms with Crippen LogP contribution in [0, 0.1) is 0 Å². The standard InChI is InChI=1S/C12H24N2O2/c1-10(2)14(8-5-9-15)12(16)11-6-3-4-7-13-11/h10-11,13,15H,3-9H2,1-2H3/t11-/m1/s1. The van der Waals surface area contributed by atoms with E-state index in [0.717, 1.165) is 19.4 Å². The number of carbonyl (C=O) groups is 1. The van der Waals surface area contributed by atoms with E-state index in [0.29, 0.717) is 13.0 Å². The van der Waals surface area contributed by atoms with E-state index in [9.17, 15) is 4.79 Å². The van der Waals surface area contributed by atoms with Crippen LogP contribution in [0.5, 0.6) is 0 Å². The summed E-state index contributed by atoms with van der Waals surface area (Å²) >= 11 is 0. The van der Waals surface area contributed by atoms with E-state index in [1.807, 2.05) is 18.7 Å². The summed E-state index contributed by atoms with van der Waals surface area (Å²) in [6.07, 6.45) is 3.91. The highest BCUT2D eigenvalue weighted by atomic mass is 16.3. The second-order valence-electron chi connectivity index (χ2n) is 4.71. The van der Waals surface area contributed by atoms with Crippen molar-refractivity contribution in [2.75, 3.05) is 19.7 Å². The molecular weight excluding hydrogens is 204 g/mol. The van der Waals surface area contributed by atoms with Crippen LogP contribution < -0.4 is 5.32 Å². The summed E-state index contributed by atoms with van der Waals surface area (Å²) in [5, 5.41) is 12.1. The van der Waals surface area contributed by atoms with Crippen molar-refractivity contribution in [1.29, 1.82) is 0 Å². The second kappa shape index (κ2) is 6.86. The van der Waals surface area contributed by atoms with Gasteiger partial charge in [0.05, 0.1) is 6.04 Å². The average Bonchev–Trinajstić information content (AvgIpc) is 2.30. The Hall–Kier alpha value is -0.610. The third-order valence-electron chi connectivity index (χ3n) is 3.07. The van der Waals surface area contributed by atoms with Gasteiger partial charge in [0.1, 0.15) is 0 Å². The minimum absolute atomic E-state index is 0.00478. The molecule has 4 heteroatoms. The highest BCUT2D eigenvalue weighted by Crippen LogP contribution is 2.12. The molecule has 0 spiro atoms. The van der Waals surface area contributed by atoms with Gasteiger partial charge in [0.15, 0.2) is 0 Å². The second-order valence-corrected chi connectivity index (χ2v) is 4.71. The van der Waals surface area contributed by atoms with Gasteiger partial charge in [-0.25, -0.2) is 0 Å². The van der Waals surface area contributed by atoms with Crippen molar-refractivity contribution in [1.82, 2.24) is 10.2 Å². The Morgan fingerprint density at radius 1 is 1.50 bits per heavy atom. The fraction of sp³-hybridized carbons (Fsp3) is 0.917. The van der Waals surface area contributed by atoms with Crippen LogP contribution >= 0.6 is 0 Å². The highest BCUT2D eigenvalue weighted by molar-refractivity contribution is 5.82. The van der Waals surface area contributed by atoms with Crippen molar-refractivity contribution in [2.45, 2.75) is 51.6 Å². The van der Waals surface area contributed by atoms with Gasteiger partial charge in [-0.05, 0) is 39.7 Å². The van der Waals surface area contributed by atoms with E-state index in [-0.39, 0.29) is 24.6 Å². The molecule has 1 amide bonds. The summed E-state index contributed by atoms with van der Waals surface area (Å²) in [6, 6.07) is 0.206. The quantitative estimate of drug-likeness (QED) is 0.730. The number of nitrogens with zero attached hydrogens (tertiary/aromatic N) is 1. The van der Waals surface area contributed by atoms with Gasteiger partial charge >= 0.3 is 0 Å². The van der Waals surface area contributed by atoms with E-state index >= 15 is 0 Å². The van der Waals surface area contributed by atoms with Crippen molar-refractivity contribution < 1.29 is 9.90 Å². The number of hydrogen-bond donors (Lipinski definition) is 2. The Morgan fingerprint density at radius 2 is 2.25 bits per heavy atom. The summed E-state index contributed by atoms with van der Waals surface area (Å²) in [5.41, 5.74) is 0. The maximum atomic E-state index is 12.2. The highest BCUT2D eigenvalue weighted by Gasteiger charge is 2.26. The molecule has 0 unspecified atom stereocenters. The average molecular weight is 228 g/mol. The molecule has 1 fully saturated rings. The van der Waals surface area contributed by atoms with Crippen molar-refractivity contribution in [2.24, 2.45) is 0 Å². The van der Waals surface area contributed by atoms with Gasteiger partial charge in [-0.1, -0.05) is 6.42 Å². The lowest BCUT2D eigenvalue weighted by molar-refractivity contribution is -0.135. The Bertz CT molecular complexity index is 213. The minimum atomic E-state index is -0.00478. The van der Waals surface area contributed by atoms with E-state index in [2.05, 4.69) is 5.32 Å². The van der Waals surface area contributed by atoms with E-state index < -0.39 is 0 Å². The molecule has 0 saturated carbocycles. The molecule has 1 atom stereocenters. The third-order valence-corrected chi connectivity index (χ3v) is 3.07. The lowest BCUT2D eigenvalue weighted by Gasteiger charge is -2.32. The number of nitrogens with one attached hydrogen (secondary N) is 1. The first-order valence-corrected chi connectivity index (χ1v) is 6.31. The Labute approximate surface area is 98.0 Å². The smallest absolute Gasteiger partial charge is 0.239 e. The van der Waals surface area contributed by atoms with Crippen molar-refractivity contribution in [3.8, 4) is 0 Å². The molecule has 4 nitrogen and oxygen atoms in total. The molecule has 1 aliphatic heterocycles. The molecule has 1 aliphatic rings. The summed E-state index contributed by atoms with van der Waals surface area (Å²) in [7, 11) is 0. The van der Waals surface area contributed by atoms with Gasteiger partial charge in [-0.15, -0.1) is 0 Å². The molecule has 1 heterocycles. The van der Waals surface area contributed by atoms with Gasteiger partial charge in [0.2, 0.25) is 5.91 Å². The molecule has 0 aromatic rings. The van der Waals surface area contributed by atoms with E-state index in [4.69, 9.17) is 5.11 Å². The summed E-state index contributed by atoms with van der Waals surface area (Å²) < 4.78 is 0. The van der Waals surface area contributed by atoms with Gasteiger partial charge < -0.3 is 15.3 Å². The van der Waals surface area contributed by atoms with Gasteiger partial charge in [-0.2, -0.15) is 0 Å². The Morgan fingerprint density at radius 3 is 2.75 bits per heavy atom. The zero-order chi connectivity index (χ0) is 12.0. The van der Waals surface area contributed by atoms with E-state index in [1.54, 1.807) is 0 Å². The normalized spacial score (nSPS) is 21.1. The van der Waals surface area contributed by atoms with Crippen LogP contribution in [-0.2, 0) is 4.79 Å². The van der Waals surface area contributed by atoms with Crippen LogP contribution in [0.1, 0.15) is 39.5 Å².